The molecule has 1 rings (SSSR count). The molecule has 9 heavy (non-hydrogen) atoms. The Morgan fingerprint density at radius 1 is 1.33 bits per heavy atom. The first-order chi connectivity index (χ1) is 4.43. The fraction of sp³-hybridized carbons (Fsp3) is 0.875. The molecule has 0 N–H and O–H groups in total. The lowest BCUT2D eigenvalue weighted by Gasteiger charge is -2.09. The zero-order chi connectivity index (χ0) is 6.53. The van der Waals surface area contributed by atoms with Crippen molar-refractivity contribution < 1.29 is 4.74 Å². The standard InChI is InChI=1S/C8H15O/c1-9-8-6-4-2-3-5-7-8/h2,8H,3-7H2,1H3. The second-order valence-corrected chi connectivity index (χ2v) is 2.65. The molecule has 0 bridgehead atoms. The molecular weight excluding hydrogens is 112 g/mol. The molecule has 1 heteroatoms. The minimum absolute atomic E-state index is 0.545. The van der Waals surface area contributed by atoms with Gasteiger partial charge < -0.3 is 4.74 Å². The zero-order valence-corrected chi connectivity index (χ0v) is 6.10. The van der Waals surface area contributed by atoms with E-state index < -0.39 is 0 Å². The van der Waals surface area contributed by atoms with Crippen LogP contribution in [0, 0.1) is 6.42 Å². The highest BCUT2D eigenvalue weighted by atomic mass is 16.5. The molecule has 1 atom stereocenters. The summed E-state index contributed by atoms with van der Waals surface area (Å²) in [6.07, 6.45) is 9.27. The van der Waals surface area contributed by atoms with E-state index in [2.05, 4.69) is 6.42 Å². The third-order valence-corrected chi connectivity index (χ3v) is 1.96. The summed E-state index contributed by atoms with van der Waals surface area (Å²) in [6, 6.07) is 0. The Balaban J connectivity index is 2.18. The van der Waals surface area contributed by atoms with Crippen molar-refractivity contribution in [2.75, 3.05) is 7.11 Å². The van der Waals surface area contributed by atoms with E-state index in [1.54, 1.807) is 0 Å². The quantitative estimate of drug-likeness (QED) is 0.490. The van der Waals surface area contributed by atoms with Gasteiger partial charge in [-0.3, -0.25) is 0 Å². The number of ether oxygens (including phenoxy) is 1. The first kappa shape index (κ1) is 7.07. The van der Waals surface area contributed by atoms with Gasteiger partial charge in [0.25, 0.3) is 0 Å². The molecule has 0 aromatic heterocycles. The van der Waals surface area contributed by atoms with Gasteiger partial charge in [-0.1, -0.05) is 12.8 Å². The fourth-order valence-corrected chi connectivity index (χ4v) is 1.32. The number of methoxy groups -OCH3 is 1. The van der Waals surface area contributed by atoms with E-state index in [0.29, 0.717) is 6.10 Å². The summed E-state index contributed by atoms with van der Waals surface area (Å²) in [4.78, 5) is 0. The van der Waals surface area contributed by atoms with Gasteiger partial charge in [0, 0.05) is 7.11 Å². The minimum atomic E-state index is 0.545. The van der Waals surface area contributed by atoms with Crippen molar-refractivity contribution in [3.05, 3.63) is 6.42 Å². The summed E-state index contributed by atoms with van der Waals surface area (Å²) >= 11 is 0. The van der Waals surface area contributed by atoms with Crippen molar-refractivity contribution in [1.82, 2.24) is 0 Å². The van der Waals surface area contributed by atoms with E-state index >= 15 is 0 Å². The molecule has 1 radical (unpaired) electrons. The summed E-state index contributed by atoms with van der Waals surface area (Å²) in [5.74, 6) is 0. The van der Waals surface area contributed by atoms with Gasteiger partial charge in [0.05, 0.1) is 6.10 Å². The Bertz CT molecular complexity index is 63.0. The predicted octanol–water partition coefficient (Wildman–Crippen LogP) is 2.17. The van der Waals surface area contributed by atoms with Crippen LogP contribution in [0.15, 0.2) is 0 Å². The van der Waals surface area contributed by atoms with Gasteiger partial charge in [-0.15, -0.1) is 0 Å². The molecule has 1 fully saturated rings. The van der Waals surface area contributed by atoms with E-state index in [0.717, 1.165) is 0 Å². The maximum absolute atomic E-state index is 5.25. The van der Waals surface area contributed by atoms with Crippen LogP contribution in [0.2, 0.25) is 0 Å². The van der Waals surface area contributed by atoms with Crippen LogP contribution in [-0.4, -0.2) is 13.2 Å². The van der Waals surface area contributed by atoms with E-state index in [-0.39, 0.29) is 0 Å². The van der Waals surface area contributed by atoms with Gasteiger partial charge in [-0.05, 0) is 25.7 Å². The van der Waals surface area contributed by atoms with E-state index in [1.807, 2.05) is 7.11 Å². The highest BCUT2D eigenvalue weighted by Crippen LogP contribution is 2.17. The zero-order valence-electron chi connectivity index (χ0n) is 6.10. The lowest BCUT2D eigenvalue weighted by molar-refractivity contribution is 0.0906. The summed E-state index contributed by atoms with van der Waals surface area (Å²) in [5.41, 5.74) is 0. The van der Waals surface area contributed by atoms with Crippen LogP contribution in [0.3, 0.4) is 0 Å². The SMILES string of the molecule is COC1CC[CH]CCC1. The molecule has 0 aromatic rings. The molecule has 0 spiro atoms. The first-order valence-electron chi connectivity index (χ1n) is 3.78. The van der Waals surface area contributed by atoms with Crippen molar-refractivity contribution in [1.29, 1.82) is 0 Å². The van der Waals surface area contributed by atoms with Gasteiger partial charge in [0.1, 0.15) is 0 Å². The molecule has 0 heterocycles. The van der Waals surface area contributed by atoms with Crippen LogP contribution in [0.1, 0.15) is 32.1 Å². The normalized spacial score (nSPS) is 23.7. The van der Waals surface area contributed by atoms with Crippen LogP contribution in [0.5, 0.6) is 0 Å². The average Bonchev–Trinajstić information content (AvgIpc) is 2.13. The highest BCUT2D eigenvalue weighted by molar-refractivity contribution is 4.73. The Hall–Kier alpha value is -0.0400. The van der Waals surface area contributed by atoms with Crippen LogP contribution < -0.4 is 0 Å². The lowest BCUT2D eigenvalue weighted by Crippen LogP contribution is -2.07. The average molecular weight is 127 g/mol. The van der Waals surface area contributed by atoms with Gasteiger partial charge in [0.2, 0.25) is 0 Å². The third kappa shape index (κ3) is 2.35. The van der Waals surface area contributed by atoms with Crippen molar-refractivity contribution in [3.8, 4) is 0 Å². The monoisotopic (exact) mass is 127 g/mol. The van der Waals surface area contributed by atoms with Crippen LogP contribution >= 0.6 is 0 Å². The highest BCUT2D eigenvalue weighted by Gasteiger charge is 2.09. The molecule has 0 aliphatic heterocycles. The number of rotatable bonds is 1. The first-order valence-corrected chi connectivity index (χ1v) is 3.78. The summed E-state index contributed by atoms with van der Waals surface area (Å²) in [5, 5.41) is 0. The lowest BCUT2D eigenvalue weighted by atomic mass is 10.2. The Morgan fingerprint density at radius 3 is 3.00 bits per heavy atom. The molecule has 0 amide bonds. The summed E-state index contributed by atoms with van der Waals surface area (Å²) in [6.45, 7) is 0. The molecule has 1 aliphatic rings. The van der Waals surface area contributed by atoms with Gasteiger partial charge in [-0.2, -0.15) is 0 Å². The number of hydrogen-bond donors (Lipinski definition) is 0. The molecule has 0 saturated heterocycles. The van der Waals surface area contributed by atoms with E-state index in [1.165, 1.54) is 32.1 Å². The van der Waals surface area contributed by atoms with Gasteiger partial charge in [-0.25, -0.2) is 0 Å². The molecule has 1 saturated carbocycles. The minimum Gasteiger partial charge on any atom is -0.381 e. The smallest absolute Gasteiger partial charge is 0.0571 e. The third-order valence-electron chi connectivity index (χ3n) is 1.96. The van der Waals surface area contributed by atoms with Crippen molar-refractivity contribution in [3.63, 3.8) is 0 Å². The fourth-order valence-electron chi connectivity index (χ4n) is 1.32. The molecule has 1 nitrogen and oxygen atoms in total. The van der Waals surface area contributed by atoms with Gasteiger partial charge in [0.15, 0.2) is 0 Å². The van der Waals surface area contributed by atoms with Crippen molar-refractivity contribution in [2.24, 2.45) is 0 Å². The summed E-state index contributed by atoms with van der Waals surface area (Å²) < 4.78 is 5.25. The topological polar surface area (TPSA) is 9.23 Å². The second kappa shape index (κ2) is 3.89. The number of hydrogen-bond acceptors (Lipinski definition) is 1. The van der Waals surface area contributed by atoms with E-state index in [9.17, 15) is 0 Å². The molecule has 0 aromatic carbocycles. The second-order valence-electron chi connectivity index (χ2n) is 2.65. The molecule has 1 aliphatic carbocycles. The van der Waals surface area contributed by atoms with Crippen molar-refractivity contribution >= 4 is 0 Å². The Kier molecular flexibility index (Phi) is 3.05. The Morgan fingerprint density at radius 2 is 2.22 bits per heavy atom. The maximum atomic E-state index is 5.25. The molecule has 1 unspecified atom stereocenters. The van der Waals surface area contributed by atoms with Crippen molar-refractivity contribution in [2.45, 2.75) is 38.2 Å². The Labute approximate surface area is 57.4 Å². The van der Waals surface area contributed by atoms with Crippen LogP contribution in [0.4, 0.5) is 0 Å². The molecular formula is C8H15O. The molecule has 53 valence electrons. The van der Waals surface area contributed by atoms with Crippen LogP contribution in [-0.2, 0) is 4.74 Å². The van der Waals surface area contributed by atoms with E-state index in [4.69, 9.17) is 4.74 Å². The predicted molar refractivity (Wildman–Crippen MR) is 38.2 cm³/mol. The summed E-state index contributed by atoms with van der Waals surface area (Å²) in [7, 11) is 1.82. The largest absolute Gasteiger partial charge is 0.381 e. The van der Waals surface area contributed by atoms with Gasteiger partial charge >= 0.3 is 0 Å². The maximum Gasteiger partial charge on any atom is 0.0571 e. The van der Waals surface area contributed by atoms with Crippen LogP contribution in [0.25, 0.3) is 0 Å².